The van der Waals surface area contributed by atoms with Crippen molar-refractivity contribution in [1.29, 1.82) is 0 Å². The standard InChI is InChI=1S/C16H27N3O/c1-15(2,3)10-16(4,5)18-14(20)13-8-11(17)9-19(13)12-6-7-12/h8-9,12H,6-7,10,17H2,1-5H3,(H,18,20). The lowest BCUT2D eigenvalue weighted by Crippen LogP contribution is -2.46. The van der Waals surface area contributed by atoms with Crippen LogP contribution in [0, 0.1) is 5.41 Å². The maximum atomic E-state index is 12.5. The Morgan fingerprint density at radius 3 is 2.45 bits per heavy atom. The van der Waals surface area contributed by atoms with Crippen molar-refractivity contribution in [1.82, 2.24) is 9.88 Å². The molecule has 2 rings (SSSR count). The third-order valence-corrected chi connectivity index (χ3v) is 3.47. The Kier molecular flexibility index (Phi) is 3.61. The molecule has 0 aliphatic heterocycles. The number of aromatic nitrogens is 1. The van der Waals surface area contributed by atoms with Crippen LogP contribution in [0.1, 0.15) is 70.4 Å². The van der Waals surface area contributed by atoms with Crippen molar-refractivity contribution in [2.45, 2.75) is 65.5 Å². The van der Waals surface area contributed by atoms with Gasteiger partial charge < -0.3 is 15.6 Å². The average Bonchev–Trinajstić information content (AvgIpc) is 2.97. The first-order valence-electron chi connectivity index (χ1n) is 7.37. The van der Waals surface area contributed by atoms with Crippen molar-refractivity contribution in [3.63, 3.8) is 0 Å². The molecule has 0 saturated heterocycles. The van der Waals surface area contributed by atoms with Crippen molar-refractivity contribution in [3.05, 3.63) is 18.0 Å². The summed E-state index contributed by atoms with van der Waals surface area (Å²) in [4.78, 5) is 12.5. The summed E-state index contributed by atoms with van der Waals surface area (Å²) in [5.41, 5.74) is 7.14. The van der Waals surface area contributed by atoms with Crippen LogP contribution in [0.5, 0.6) is 0 Å². The summed E-state index contributed by atoms with van der Waals surface area (Å²) in [5.74, 6) is -0.0251. The fraction of sp³-hybridized carbons (Fsp3) is 0.688. The highest BCUT2D eigenvalue weighted by molar-refractivity contribution is 5.94. The van der Waals surface area contributed by atoms with Crippen LogP contribution in [0.25, 0.3) is 0 Å². The zero-order valence-electron chi connectivity index (χ0n) is 13.3. The Morgan fingerprint density at radius 2 is 1.95 bits per heavy atom. The predicted octanol–water partition coefficient (Wildman–Crippen LogP) is 3.35. The average molecular weight is 277 g/mol. The highest BCUT2D eigenvalue weighted by Crippen LogP contribution is 2.37. The van der Waals surface area contributed by atoms with Gasteiger partial charge in [-0.2, -0.15) is 0 Å². The Balaban J connectivity index is 2.12. The van der Waals surface area contributed by atoms with Crippen LogP contribution >= 0.6 is 0 Å². The molecule has 1 aromatic rings. The predicted molar refractivity (Wildman–Crippen MR) is 82.7 cm³/mol. The molecule has 3 N–H and O–H groups in total. The van der Waals surface area contributed by atoms with E-state index in [1.54, 1.807) is 6.07 Å². The molecular weight excluding hydrogens is 250 g/mol. The van der Waals surface area contributed by atoms with E-state index in [0.717, 1.165) is 19.3 Å². The highest BCUT2D eigenvalue weighted by atomic mass is 16.2. The van der Waals surface area contributed by atoms with E-state index in [4.69, 9.17) is 5.73 Å². The van der Waals surface area contributed by atoms with E-state index in [-0.39, 0.29) is 16.9 Å². The van der Waals surface area contributed by atoms with Gasteiger partial charge in [-0.05, 0) is 44.6 Å². The molecule has 4 nitrogen and oxygen atoms in total. The fourth-order valence-corrected chi connectivity index (χ4v) is 3.08. The minimum absolute atomic E-state index is 0.0251. The molecule has 1 aliphatic carbocycles. The van der Waals surface area contributed by atoms with E-state index in [1.165, 1.54) is 0 Å². The molecule has 0 aromatic carbocycles. The first-order valence-corrected chi connectivity index (χ1v) is 7.37. The Bertz CT molecular complexity index is 504. The molecule has 1 fully saturated rings. The maximum absolute atomic E-state index is 12.5. The molecule has 0 radical (unpaired) electrons. The first-order chi connectivity index (χ1) is 9.07. The first kappa shape index (κ1) is 14.9. The van der Waals surface area contributed by atoms with Crippen LogP contribution in [0.3, 0.4) is 0 Å². The van der Waals surface area contributed by atoms with Gasteiger partial charge in [-0.1, -0.05) is 20.8 Å². The van der Waals surface area contributed by atoms with Gasteiger partial charge in [0.15, 0.2) is 0 Å². The van der Waals surface area contributed by atoms with Gasteiger partial charge in [-0.3, -0.25) is 4.79 Å². The third-order valence-electron chi connectivity index (χ3n) is 3.47. The van der Waals surface area contributed by atoms with E-state index in [9.17, 15) is 4.79 Å². The summed E-state index contributed by atoms with van der Waals surface area (Å²) in [6.45, 7) is 10.7. The molecule has 112 valence electrons. The number of carbonyl (C=O) groups excluding carboxylic acids is 1. The summed E-state index contributed by atoms with van der Waals surface area (Å²) in [6.07, 6.45) is 5.08. The molecule has 0 unspecified atom stereocenters. The van der Waals surface area contributed by atoms with Gasteiger partial charge in [0.1, 0.15) is 5.69 Å². The molecule has 4 heteroatoms. The lowest BCUT2D eigenvalue weighted by atomic mass is 9.82. The Hall–Kier alpha value is -1.45. The monoisotopic (exact) mass is 277 g/mol. The second-order valence-electron chi connectivity index (χ2n) is 7.87. The van der Waals surface area contributed by atoms with Gasteiger partial charge >= 0.3 is 0 Å². The molecule has 0 atom stereocenters. The fourth-order valence-electron chi connectivity index (χ4n) is 3.08. The lowest BCUT2D eigenvalue weighted by Gasteiger charge is -2.33. The van der Waals surface area contributed by atoms with Gasteiger partial charge in [0.05, 0.1) is 5.69 Å². The minimum Gasteiger partial charge on any atom is -0.397 e. The Morgan fingerprint density at radius 1 is 1.35 bits per heavy atom. The SMILES string of the molecule is CC(C)(C)CC(C)(C)NC(=O)c1cc(N)cn1C1CC1. The number of rotatable bonds is 4. The molecule has 20 heavy (non-hydrogen) atoms. The van der Waals surface area contributed by atoms with Gasteiger partial charge in [0, 0.05) is 17.8 Å². The number of amides is 1. The number of nitrogens with zero attached hydrogens (tertiary/aromatic N) is 1. The van der Waals surface area contributed by atoms with E-state index in [0.29, 0.717) is 17.4 Å². The molecule has 1 aromatic heterocycles. The van der Waals surface area contributed by atoms with Crippen molar-refractivity contribution in [3.8, 4) is 0 Å². The van der Waals surface area contributed by atoms with Crippen LogP contribution in [0.4, 0.5) is 5.69 Å². The van der Waals surface area contributed by atoms with E-state index in [1.807, 2.05) is 10.8 Å². The molecule has 1 saturated carbocycles. The number of hydrogen-bond acceptors (Lipinski definition) is 2. The number of carbonyl (C=O) groups is 1. The highest BCUT2D eigenvalue weighted by Gasteiger charge is 2.31. The molecule has 1 aliphatic rings. The topological polar surface area (TPSA) is 60.1 Å². The summed E-state index contributed by atoms with van der Waals surface area (Å²) in [6, 6.07) is 2.24. The normalized spacial score (nSPS) is 16.2. The summed E-state index contributed by atoms with van der Waals surface area (Å²) >= 11 is 0. The lowest BCUT2D eigenvalue weighted by molar-refractivity contribution is 0.0881. The molecular formula is C16H27N3O. The van der Waals surface area contributed by atoms with Gasteiger partial charge in [0.2, 0.25) is 0 Å². The second-order valence-corrected chi connectivity index (χ2v) is 7.87. The number of nitrogens with two attached hydrogens (primary N) is 1. The largest absolute Gasteiger partial charge is 0.397 e. The second kappa shape index (κ2) is 4.83. The van der Waals surface area contributed by atoms with Crippen LogP contribution < -0.4 is 11.1 Å². The summed E-state index contributed by atoms with van der Waals surface area (Å²) < 4.78 is 2.03. The van der Waals surface area contributed by atoms with Crippen molar-refractivity contribution in [2.24, 2.45) is 5.41 Å². The molecule has 1 amide bonds. The van der Waals surface area contributed by atoms with Crippen LogP contribution in [0.2, 0.25) is 0 Å². The smallest absolute Gasteiger partial charge is 0.268 e. The summed E-state index contributed by atoms with van der Waals surface area (Å²) in [7, 11) is 0. The van der Waals surface area contributed by atoms with E-state index >= 15 is 0 Å². The maximum Gasteiger partial charge on any atom is 0.268 e. The van der Waals surface area contributed by atoms with Gasteiger partial charge in [-0.15, -0.1) is 0 Å². The third kappa shape index (κ3) is 3.78. The molecule has 1 heterocycles. The zero-order valence-corrected chi connectivity index (χ0v) is 13.3. The van der Waals surface area contributed by atoms with Crippen LogP contribution in [0.15, 0.2) is 12.3 Å². The quantitative estimate of drug-likeness (QED) is 0.886. The Labute approximate surface area is 121 Å². The minimum atomic E-state index is -0.233. The van der Waals surface area contributed by atoms with Crippen molar-refractivity contribution < 1.29 is 4.79 Å². The number of nitrogen functional groups attached to an aromatic ring is 1. The summed E-state index contributed by atoms with van der Waals surface area (Å²) in [5, 5.41) is 3.15. The van der Waals surface area contributed by atoms with E-state index in [2.05, 4.69) is 39.9 Å². The van der Waals surface area contributed by atoms with E-state index < -0.39 is 0 Å². The van der Waals surface area contributed by atoms with Gasteiger partial charge in [0.25, 0.3) is 5.91 Å². The van der Waals surface area contributed by atoms with Crippen LogP contribution in [-0.4, -0.2) is 16.0 Å². The number of hydrogen-bond donors (Lipinski definition) is 2. The number of nitrogens with one attached hydrogen (secondary N) is 1. The molecule has 0 spiro atoms. The number of anilines is 1. The zero-order chi connectivity index (χ0) is 15.1. The molecule has 0 bridgehead atoms. The van der Waals surface area contributed by atoms with Crippen molar-refractivity contribution in [2.75, 3.05) is 5.73 Å². The van der Waals surface area contributed by atoms with Crippen molar-refractivity contribution >= 4 is 11.6 Å². The van der Waals surface area contributed by atoms with Gasteiger partial charge in [-0.25, -0.2) is 0 Å². The van der Waals surface area contributed by atoms with Crippen LogP contribution in [-0.2, 0) is 0 Å².